The van der Waals surface area contributed by atoms with Gasteiger partial charge in [-0.05, 0) is 75.1 Å². The molecule has 2 aromatic rings. The number of nitrogens with zero attached hydrogens (tertiary/aromatic N) is 6. The van der Waals surface area contributed by atoms with Crippen LogP contribution >= 0.6 is 11.3 Å². The Balaban J connectivity index is 2.29. The van der Waals surface area contributed by atoms with Crippen molar-refractivity contribution in [1.82, 2.24) is 0 Å². The lowest BCUT2D eigenvalue weighted by molar-refractivity contribution is 0.270. The maximum atomic E-state index is 9.82. The van der Waals surface area contributed by atoms with Gasteiger partial charge in [0.15, 0.2) is 10.8 Å². The van der Waals surface area contributed by atoms with Crippen molar-refractivity contribution in [3.8, 4) is 24.0 Å². The Bertz CT molecular complexity index is 1170. The molecule has 0 radical (unpaired) electrons. The molecule has 2 rings (SSSR count). The van der Waals surface area contributed by atoms with Gasteiger partial charge in [-0.3, -0.25) is 0 Å². The molecule has 1 aromatic carbocycles. The van der Waals surface area contributed by atoms with Gasteiger partial charge in [0.05, 0.1) is 24.4 Å². The number of nitriles is 3. The molecule has 0 spiro atoms. The largest absolute Gasteiger partial charge is 0.491 e. The third-order valence-electron chi connectivity index (χ3n) is 6.59. The van der Waals surface area contributed by atoms with Gasteiger partial charge in [-0.25, -0.2) is 0 Å². The van der Waals surface area contributed by atoms with Gasteiger partial charge in [0.25, 0.3) is 0 Å². The minimum absolute atomic E-state index is 0.366. The molecule has 0 aliphatic rings. The summed E-state index contributed by atoms with van der Waals surface area (Å²) in [6.45, 7) is 10.7. The Labute approximate surface area is 245 Å². The van der Waals surface area contributed by atoms with Crippen LogP contribution in [0.2, 0.25) is 0 Å². The zero-order valence-corrected chi connectivity index (χ0v) is 25.5. The molecule has 0 saturated heterocycles. The van der Waals surface area contributed by atoms with Crippen molar-refractivity contribution in [3.05, 3.63) is 34.2 Å². The lowest BCUT2D eigenvalue weighted by Gasteiger charge is -2.26. The van der Waals surface area contributed by atoms with Crippen molar-refractivity contribution in [2.45, 2.75) is 98.3 Å². The number of aryl methyl sites for hydroxylation is 2. The fraction of sp³-hybridized carbons (Fsp3) is 0.594. The smallest absolute Gasteiger partial charge is 0.160 e. The molecule has 40 heavy (non-hydrogen) atoms. The Morgan fingerprint density at radius 1 is 0.925 bits per heavy atom. The minimum Gasteiger partial charge on any atom is -0.491 e. The standard InChI is InChI=1S/C32H44N6OS/c1-5-6-15-27-22-28(38(20-13-9-7-11-18-33)21-14-10-8-12-19-34)16-17-30(27)36-37-32-29(23-35)31(26(4)40-32)39-24-25(2)3/h16-17,22,25H,5-15,20-21,24H2,1-4H3/b37-36+. The van der Waals surface area contributed by atoms with E-state index >= 15 is 0 Å². The number of hydrogen-bond donors (Lipinski definition) is 0. The van der Waals surface area contributed by atoms with E-state index in [-0.39, 0.29) is 0 Å². The van der Waals surface area contributed by atoms with E-state index in [1.807, 2.05) is 13.0 Å². The molecule has 0 unspecified atom stereocenters. The lowest BCUT2D eigenvalue weighted by atomic mass is 10.0. The maximum Gasteiger partial charge on any atom is 0.160 e. The average molecular weight is 561 g/mol. The fourth-order valence-electron chi connectivity index (χ4n) is 4.38. The van der Waals surface area contributed by atoms with E-state index in [1.54, 1.807) is 0 Å². The summed E-state index contributed by atoms with van der Waals surface area (Å²) in [5.41, 5.74) is 3.63. The molecule has 1 aromatic heterocycles. The van der Waals surface area contributed by atoms with Crippen molar-refractivity contribution in [1.29, 1.82) is 15.8 Å². The van der Waals surface area contributed by atoms with E-state index in [4.69, 9.17) is 15.3 Å². The molecule has 1 heterocycles. The van der Waals surface area contributed by atoms with Crippen molar-refractivity contribution in [2.24, 2.45) is 16.1 Å². The molecule has 7 nitrogen and oxygen atoms in total. The predicted molar refractivity (Wildman–Crippen MR) is 164 cm³/mol. The second kappa shape index (κ2) is 18.8. The molecule has 0 bridgehead atoms. The van der Waals surface area contributed by atoms with E-state index in [9.17, 15) is 5.26 Å². The topological polar surface area (TPSA) is 109 Å². The SMILES string of the molecule is CCCCc1cc(N(CCCCCC#N)CCCCCC#N)ccc1/N=N/c1sc(C)c(OCC(C)C)c1C#N. The van der Waals surface area contributed by atoms with Crippen molar-refractivity contribution >= 4 is 27.7 Å². The van der Waals surface area contributed by atoms with E-state index in [1.165, 1.54) is 17.0 Å². The van der Waals surface area contributed by atoms with Gasteiger partial charge in [0.2, 0.25) is 0 Å². The average Bonchev–Trinajstić information content (AvgIpc) is 3.26. The zero-order chi connectivity index (χ0) is 29.2. The van der Waals surface area contributed by atoms with Crippen LogP contribution in [0.5, 0.6) is 5.75 Å². The van der Waals surface area contributed by atoms with Crippen LogP contribution in [-0.4, -0.2) is 19.7 Å². The summed E-state index contributed by atoms with van der Waals surface area (Å²) in [6, 6.07) is 13.2. The number of benzene rings is 1. The Hall–Kier alpha value is -3.41. The van der Waals surface area contributed by atoms with Crippen LogP contribution in [0.3, 0.4) is 0 Å². The molecule has 8 heteroatoms. The van der Waals surface area contributed by atoms with E-state index in [0.29, 0.717) is 41.7 Å². The second-order valence-electron chi connectivity index (χ2n) is 10.5. The Kier molecular flexibility index (Phi) is 15.4. The molecule has 0 amide bonds. The zero-order valence-electron chi connectivity index (χ0n) is 24.7. The predicted octanol–water partition coefficient (Wildman–Crippen LogP) is 9.70. The Morgan fingerprint density at radius 3 is 2.17 bits per heavy atom. The first-order valence-electron chi connectivity index (χ1n) is 14.6. The fourth-order valence-corrected chi connectivity index (χ4v) is 5.24. The van der Waals surface area contributed by atoms with Gasteiger partial charge in [-0.2, -0.15) is 15.8 Å². The van der Waals surface area contributed by atoms with Crippen LogP contribution in [0.4, 0.5) is 16.4 Å². The third-order valence-corrected chi connectivity index (χ3v) is 7.56. The van der Waals surface area contributed by atoms with E-state index < -0.39 is 0 Å². The van der Waals surface area contributed by atoms with Crippen molar-refractivity contribution in [2.75, 3.05) is 24.6 Å². The summed E-state index contributed by atoms with van der Waals surface area (Å²) in [6.07, 6.45) is 10.3. The molecule has 214 valence electrons. The van der Waals surface area contributed by atoms with Gasteiger partial charge in [-0.1, -0.05) is 40.0 Å². The van der Waals surface area contributed by atoms with Crippen LogP contribution < -0.4 is 9.64 Å². The molecule has 0 atom stereocenters. The number of anilines is 1. The van der Waals surface area contributed by atoms with Gasteiger partial charge in [0.1, 0.15) is 11.6 Å². The first-order chi connectivity index (χ1) is 19.4. The van der Waals surface area contributed by atoms with Crippen LogP contribution in [0.15, 0.2) is 28.4 Å². The lowest BCUT2D eigenvalue weighted by Crippen LogP contribution is -2.25. The van der Waals surface area contributed by atoms with E-state index in [2.05, 4.69) is 66.2 Å². The maximum absolute atomic E-state index is 9.82. The molecule has 0 fully saturated rings. The molecule has 0 saturated carbocycles. The highest BCUT2D eigenvalue weighted by Gasteiger charge is 2.18. The molecule has 0 aliphatic carbocycles. The van der Waals surface area contributed by atoms with Crippen molar-refractivity contribution < 1.29 is 4.74 Å². The summed E-state index contributed by atoms with van der Waals surface area (Å²) in [4.78, 5) is 3.37. The highest BCUT2D eigenvalue weighted by molar-refractivity contribution is 7.16. The normalized spacial score (nSPS) is 10.9. The van der Waals surface area contributed by atoms with Gasteiger partial charge in [-0.15, -0.1) is 21.6 Å². The molecule has 0 aliphatic heterocycles. The highest BCUT2D eigenvalue weighted by atomic mass is 32.1. The summed E-state index contributed by atoms with van der Waals surface area (Å²) < 4.78 is 5.93. The minimum atomic E-state index is 0.366. The van der Waals surface area contributed by atoms with Crippen LogP contribution in [0, 0.1) is 46.8 Å². The van der Waals surface area contributed by atoms with Gasteiger partial charge in [0, 0.05) is 36.5 Å². The summed E-state index contributed by atoms with van der Waals surface area (Å²) in [5.74, 6) is 0.988. The summed E-state index contributed by atoms with van der Waals surface area (Å²) >= 11 is 1.44. The number of hydrogen-bond acceptors (Lipinski definition) is 8. The Morgan fingerprint density at radius 2 is 1.60 bits per heavy atom. The summed E-state index contributed by atoms with van der Waals surface area (Å²) in [7, 11) is 0. The first-order valence-corrected chi connectivity index (χ1v) is 15.5. The monoisotopic (exact) mass is 560 g/mol. The van der Waals surface area contributed by atoms with Crippen molar-refractivity contribution in [3.63, 3.8) is 0 Å². The number of rotatable bonds is 19. The molecular formula is C32H44N6OS. The second-order valence-corrected chi connectivity index (χ2v) is 11.7. The number of unbranched alkanes of at least 4 members (excludes halogenated alkanes) is 7. The van der Waals surface area contributed by atoms with Gasteiger partial charge >= 0.3 is 0 Å². The quantitative estimate of drug-likeness (QED) is 0.125. The third kappa shape index (κ3) is 11.0. The molecular weight excluding hydrogens is 516 g/mol. The first kappa shape index (κ1) is 32.8. The van der Waals surface area contributed by atoms with Crippen LogP contribution in [0.1, 0.15) is 101 Å². The number of ether oxygens (including phenoxy) is 1. The van der Waals surface area contributed by atoms with Gasteiger partial charge < -0.3 is 9.64 Å². The highest BCUT2D eigenvalue weighted by Crippen LogP contribution is 2.41. The van der Waals surface area contributed by atoms with Crippen LogP contribution in [0.25, 0.3) is 0 Å². The number of thiophene rings is 1. The molecule has 0 N–H and O–H groups in total. The van der Waals surface area contributed by atoms with Crippen LogP contribution in [-0.2, 0) is 6.42 Å². The number of azo groups is 1. The summed E-state index contributed by atoms with van der Waals surface area (Å²) in [5, 5.41) is 37.3. The van der Waals surface area contributed by atoms with E-state index in [0.717, 1.165) is 87.0 Å².